The van der Waals surface area contributed by atoms with Crippen molar-refractivity contribution in [3.8, 4) is 5.75 Å². The molecule has 1 aromatic rings. The van der Waals surface area contributed by atoms with Crippen LogP contribution in [0.4, 0.5) is 0 Å². The second-order valence-corrected chi connectivity index (χ2v) is 7.30. The van der Waals surface area contributed by atoms with Crippen molar-refractivity contribution in [1.82, 2.24) is 10.2 Å². The van der Waals surface area contributed by atoms with Crippen molar-refractivity contribution in [2.24, 2.45) is 5.92 Å². The van der Waals surface area contributed by atoms with Crippen LogP contribution in [0.2, 0.25) is 0 Å². The third-order valence-corrected chi connectivity index (χ3v) is 5.37. The molecule has 0 atom stereocenters. The summed E-state index contributed by atoms with van der Waals surface area (Å²) in [6.07, 6.45) is 5.41. The van der Waals surface area contributed by atoms with Crippen molar-refractivity contribution < 1.29 is 9.53 Å². The number of nitrogens with one attached hydrogen (secondary N) is 1. The third kappa shape index (κ3) is 4.73. The molecule has 1 aliphatic carbocycles. The molecule has 1 saturated heterocycles. The fraction of sp³-hybridized carbons (Fsp3) is 0.650. The van der Waals surface area contributed by atoms with Crippen molar-refractivity contribution in [2.75, 3.05) is 26.2 Å². The molecule has 1 heterocycles. The van der Waals surface area contributed by atoms with Gasteiger partial charge >= 0.3 is 0 Å². The highest BCUT2D eigenvalue weighted by Crippen LogP contribution is 2.28. The van der Waals surface area contributed by atoms with Crippen LogP contribution in [-0.2, 0) is 4.79 Å². The van der Waals surface area contributed by atoms with Gasteiger partial charge in [0.25, 0.3) is 0 Å². The number of hydrogen-bond donors (Lipinski definition) is 1. The molecular weight excluding hydrogens is 300 g/mol. The SMILES string of the molecule is Cc1cccc(OCCC(=O)N2CCC(NCC3CC3)CC2)c1C. The molecule has 3 rings (SSSR count). The van der Waals surface area contributed by atoms with Crippen molar-refractivity contribution in [3.05, 3.63) is 29.3 Å². The lowest BCUT2D eigenvalue weighted by atomic mass is 10.0. The van der Waals surface area contributed by atoms with Gasteiger partial charge in [-0.15, -0.1) is 0 Å². The topological polar surface area (TPSA) is 41.6 Å². The van der Waals surface area contributed by atoms with Crippen molar-refractivity contribution in [3.63, 3.8) is 0 Å². The van der Waals surface area contributed by atoms with Crippen LogP contribution < -0.4 is 10.1 Å². The number of nitrogens with zero attached hydrogens (tertiary/aromatic N) is 1. The Morgan fingerprint density at radius 3 is 2.67 bits per heavy atom. The molecule has 24 heavy (non-hydrogen) atoms. The van der Waals surface area contributed by atoms with Crippen molar-refractivity contribution in [2.45, 2.75) is 52.0 Å². The Labute approximate surface area is 145 Å². The highest BCUT2D eigenvalue weighted by atomic mass is 16.5. The molecule has 132 valence electrons. The van der Waals surface area contributed by atoms with Crippen LogP contribution in [-0.4, -0.2) is 43.1 Å². The summed E-state index contributed by atoms with van der Waals surface area (Å²) < 4.78 is 5.81. The fourth-order valence-corrected chi connectivity index (χ4v) is 3.28. The van der Waals surface area contributed by atoms with Crippen LogP contribution >= 0.6 is 0 Å². The maximum Gasteiger partial charge on any atom is 0.225 e. The van der Waals surface area contributed by atoms with E-state index in [1.807, 2.05) is 17.0 Å². The molecule has 1 saturated carbocycles. The smallest absolute Gasteiger partial charge is 0.225 e. The van der Waals surface area contributed by atoms with Crippen LogP contribution in [0.25, 0.3) is 0 Å². The lowest BCUT2D eigenvalue weighted by Gasteiger charge is -2.32. The highest BCUT2D eigenvalue weighted by Gasteiger charge is 2.25. The molecule has 2 aliphatic rings. The average molecular weight is 330 g/mol. The molecule has 1 aromatic carbocycles. The Morgan fingerprint density at radius 2 is 1.96 bits per heavy atom. The van der Waals surface area contributed by atoms with Gasteiger partial charge in [-0.1, -0.05) is 12.1 Å². The molecule has 4 nitrogen and oxygen atoms in total. The summed E-state index contributed by atoms with van der Waals surface area (Å²) in [6.45, 7) is 7.53. The molecule has 0 unspecified atom stereocenters. The standard InChI is InChI=1S/C20H30N2O2/c1-15-4-3-5-19(16(15)2)24-13-10-20(23)22-11-8-18(9-12-22)21-14-17-6-7-17/h3-5,17-18,21H,6-14H2,1-2H3. The molecule has 1 aliphatic heterocycles. The summed E-state index contributed by atoms with van der Waals surface area (Å²) in [6, 6.07) is 6.65. The van der Waals surface area contributed by atoms with E-state index in [9.17, 15) is 4.79 Å². The van der Waals surface area contributed by atoms with E-state index >= 15 is 0 Å². The minimum Gasteiger partial charge on any atom is -0.493 e. The van der Waals surface area contributed by atoms with Crippen LogP contribution in [0, 0.1) is 19.8 Å². The number of piperidine rings is 1. The van der Waals surface area contributed by atoms with Gasteiger partial charge in [0.05, 0.1) is 13.0 Å². The predicted octanol–water partition coefficient (Wildman–Crippen LogP) is 3.06. The number of aryl methyl sites for hydroxylation is 1. The summed E-state index contributed by atoms with van der Waals surface area (Å²) in [4.78, 5) is 14.4. The second-order valence-electron chi connectivity index (χ2n) is 7.30. The number of likely N-dealkylation sites (tertiary alicyclic amines) is 1. The Bertz CT molecular complexity index is 561. The quantitative estimate of drug-likeness (QED) is 0.835. The predicted molar refractivity (Wildman–Crippen MR) is 96.4 cm³/mol. The van der Waals surface area contributed by atoms with Gasteiger partial charge in [0, 0.05) is 19.1 Å². The second kappa shape index (κ2) is 8.02. The lowest BCUT2D eigenvalue weighted by Crippen LogP contribution is -2.45. The van der Waals surface area contributed by atoms with Crippen LogP contribution in [0.1, 0.15) is 43.2 Å². The zero-order valence-electron chi connectivity index (χ0n) is 15.0. The highest BCUT2D eigenvalue weighted by molar-refractivity contribution is 5.76. The number of ether oxygens (including phenoxy) is 1. The summed E-state index contributed by atoms with van der Waals surface area (Å²) in [7, 11) is 0. The minimum atomic E-state index is 0.223. The molecule has 0 aromatic heterocycles. The van der Waals surface area contributed by atoms with Gasteiger partial charge in [-0.25, -0.2) is 0 Å². The zero-order chi connectivity index (χ0) is 16.9. The van der Waals surface area contributed by atoms with Crippen molar-refractivity contribution >= 4 is 5.91 Å². The normalized spacial score (nSPS) is 18.7. The molecule has 0 radical (unpaired) electrons. The van der Waals surface area contributed by atoms with Gasteiger partial charge in [0.1, 0.15) is 5.75 Å². The van der Waals surface area contributed by atoms with E-state index < -0.39 is 0 Å². The van der Waals surface area contributed by atoms with E-state index in [1.54, 1.807) is 0 Å². The largest absolute Gasteiger partial charge is 0.493 e. The number of amides is 1. The maximum atomic E-state index is 12.3. The van der Waals surface area contributed by atoms with Gasteiger partial charge in [0.2, 0.25) is 5.91 Å². The Morgan fingerprint density at radius 1 is 1.21 bits per heavy atom. The van der Waals surface area contributed by atoms with Gasteiger partial charge in [-0.3, -0.25) is 4.79 Å². The molecule has 2 fully saturated rings. The van der Waals surface area contributed by atoms with Crippen LogP contribution in [0.5, 0.6) is 5.75 Å². The Balaban J connectivity index is 1.35. The van der Waals surface area contributed by atoms with Crippen LogP contribution in [0.3, 0.4) is 0 Å². The van der Waals surface area contributed by atoms with Gasteiger partial charge < -0.3 is 15.0 Å². The van der Waals surface area contributed by atoms with Gasteiger partial charge in [-0.05, 0) is 69.2 Å². The van der Waals surface area contributed by atoms with Gasteiger partial charge in [0.15, 0.2) is 0 Å². The number of carbonyl (C=O) groups excluding carboxylic acids is 1. The summed E-state index contributed by atoms with van der Waals surface area (Å²) in [5.41, 5.74) is 2.38. The van der Waals surface area contributed by atoms with Crippen molar-refractivity contribution in [1.29, 1.82) is 0 Å². The summed E-state index contributed by atoms with van der Waals surface area (Å²) >= 11 is 0. The van der Waals surface area contributed by atoms with E-state index in [4.69, 9.17) is 4.74 Å². The Hall–Kier alpha value is -1.55. The summed E-state index contributed by atoms with van der Waals surface area (Å²) in [5, 5.41) is 3.66. The molecule has 1 N–H and O–H groups in total. The fourth-order valence-electron chi connectivity index (χ4n) is 3.28. The lowest BCUT2D eigenvalue weighted by molar-refractivity contribution is -0.132. The van der Waals surface area contributed by atoms with Crippen LogP contribution in [0.15, 0.2) is 18.2 Å². The molecule has 0 spiro atoms. The van der Waals surface area contributed by atoms with E-state index in [0.29, 0.717) is 19.1 Å². The molecule has 4 heteroatoms. The first-order valence-electron chi connectivity index (χ1n) is 9.33. The molecular formula is C20H30N2O2. The van der Waals surface area contributed by atoms with E-state index in [0.717, 1.165) is 43.2 Å². The first-order valence-corrected chi connectivity index (χ1v) is 9.33. The average Bonchev–Trinajstić information content (AvgIpc) is 3.41. The number of carbonyl (C=O) groups is 1. The maximum absolute atomic E-state index is 12.3. The van der Waals surface area contributed by atoms with E-state index in [2.05, 4.69) is 25.2 Å². The van der Waals surface area contributed by atoms with E-state index in [-0.39, 0.29) is 5.91 Å². The van der Waals surface area contributed by atoms with E-state index in [1.165, 1.54) is 24.9 Å². The molecule has 1 amide bonds. The Kier molecular flexibility index (Phi) is 5.77. The zero-order valence-corrected chi connectivity index (χ0v) is 15.0. The minimum absolute atomic E-state index is 0.223. The first kappa shape index (κ1) is 17.3. The van der Waals surface area contributed by atoms with Gasteiger partial charge in [-0.2, -0.15) is 0 Å². The number of hydrogen-bond acceptors (Lipinski definition) is 3. The first-order chi connectivity index (χ1) is 11.6. The summed E-state index contributed by atoms with van der Waals surface area (Å²) in [5.74, 6) is 2.04. The number of rotatable bonds is 7. The number of benzene rings is 1. The molecule has 0 bridgehead atoms. The monoisotopic (exact) mass is 330 g/mol. The third-order valence-electron chi connectivity index (χ3n) is 5.37.